The molecule has 0 saturated heterocycles. The normalized spacial score (nSPS) is 14.0. The Morgan fingerprint density at radius 3 is 1.80 bits per heavy atom. The third kappa shape index (κ3) is 6.98. The standard InChI is InChI=1S/C21H22F5NO2S/c22-19(23)16-7-3-14(4-8-16)13-1-5-15(6-2-13)17(21(24,25)26)9-11-30-12-10-18(27)20(28)29/h1-8,17-19H,9-12,27H2,(H,28,29). The fraction of sp³-hybridized carbons (Fsp3) is 0.381. The summed E-state index contributed by atoms with van der Waals surface area (Å²) in [4.78, 5) is 10.6. The topological polar surface area (TPSA) is 63.3 Å². The Balaban J connectivity index is 2.01. The zero-order chi connectivity index (χ0) is 22.3. The van der Waals surface area contributed by atoms with Crippen LogP contribution in [0.25, 0.3) is 11.1 Å². The van der Waals surface area contributed by atoms with Crippen molar-refractivity contribution in [2.75, 3.05) is 11.5 Å². The molecule has 0 aliphatic heterocycles. The molecule has 3 nitrogen and oxygen atoms in total. The largest absolute Gasteiger partial charge is 0.480 e. The second-order valence-corrected chi connectivity index (χ2v) is 8.00. The quantitative estimate of drug-likeness (QED) is 0.354. The molecule has 0 radical (unpaired) electrons. The predicted molar refractivity (Wildman–Crippen MR) is 108 cm³/mol. The number of rotatable bonds is 10. The van der Waals surface area contributed by atoms with Crippen LogP contribution in [0.15, 0.2) is 48.5 Å². The van der Waals surface area contributed by atoms with Gasteiger partial charge in [0, 0.05) is 5.56 Å². The number of hydrogen-bond donors (Lipinski definition) is 2. The number of carbonyl (C=O) groups is 1. The number of halogens is 5. The van der Waals surface area contributed by atoms with Gasteiger partial charge in [0.2, 0.25) is 0 Å². The minimum Gasteiger partial charge on any atom is -0.480 e. The van der Waals surface area contributed by atoms with Gasteiger partial charge in [-0.2, -0.15) is 24.9 Å². The van der Waals surface area contributed by atoms with Gasteiger partial charge in [0.15, 0.2) is 0 Å². The molecular weight excluding hydrogens is 425 g/mol. The minimum atomic E-state index is -4.42. The first-order valence-corrected chi connectivity index (χ1v) is 10.4. The van der Waals surface area contributed by atoms with Crippen LogP contribution < -0.4 is 5.73 Å². The summed E-state index contributed by atoms with van der Waals surface area (Å²) in [5.41, 5.74) is 6.66. The second kappa shape index (κ2) is 10.8. The Kier molecular flexibility index (Phi) is 8.66. The van der Waals surface area contributed by atoms with E-state index >= 15 is 0 Å². The maximum atomic E-state index is 13.5. The molecule has 0 fully saturated rings. The van der Waals surface area contributed by atoms with Crippen LogP contribution >= 0.6 is 11.8 Å². The number of carboxylic acid groups (broad SMARTS) is 1. The van der Waals surface area contributed by atoms with E-state index in [-0.39, 0.29) is 29.7 Å². The van der Waals surface area contributed by atoms with Crippen LogP contribution in [0.1, 0.15) is 36.3 Å². The summed E-state index contributed by atoms with van der Waals surface area (Å²) in [5.74, 6) is -2.19. The average molecular weight is 447 g/mol. The molecule has 0 saturated carbocycles. The molecule has 2 atom stereocenters. The van der Waals surface area contributed by atoms with Gasteiger partial charge in [0.05, 0.1) is 5.92 Å². The molecule has 0 heterocycles. The van der Waals surface area contributed by atoms with Gasteiger partial charge in [-0.25, -0.2) is 8.78 Å². The number of nitrogens with two attached hydrogens (primary N) is 1. The summed E-state index contributed by atoms with van der Waals surface area (Å²) in [5, 5.41) is 8.71. The zero-order valence-electron chi connectivity index (χ0n) is 15.9. The smallest absolute Gasteiger partial charge is 0.395 e. The van der Waals surface area contributed by atoms with Crippen LogP contribution in [-0.4, -0.2) is 34.8 Å². The number of benzene rings is 2. The van der Waals surface area contributed by atoms with Crippen molar-refractivity contribution in [1.82, 2.24) is 0 Å². The van der Waals surface area contributed by atoms with Crippen molar-refractivity contribution < 1.29 is 31.9 Å². The van der Waals surface area contributed by atoms with Crippen molar-refractivity contribution in [3.8, 4) is 11.1 Å². The number of hydrogen-bond acceptors (Lipinski definition) is 3. The van der Waals surface area contributed by atoms with Crippen LogP contribution in [0, 0.1) is 0 Å². The Morgan fingerprint density at radius 2 is 1.37 bits per heavy atom. The van der Waals surface area contributed by atoms with E-state index in [0.29, 0.717) is 16.9 Å². The first kappa shape index (κ1) is 24.1. The molecular formula is C21H22F5NO2S. The van der Waals surface area contributed by atoms with Crippen molar-refractivity contribution in [3.05, 3.63) is 59.7 Å². The molecule has 0 bridgehead atoms. The van der Waals surface area contributed by atoms with E-state index in [2.05, 4.69) is 0 Å². The lowest BCUT2D eigenvalue weighted by Gasteiger charge is -2.21. The molecule has 3 N–H and O–H groups in total. The van der Waals surface area contributed by atoms with E-state index in [4.69, 9.17) is 10.8 Å². The average Bonchev–Trinajstić information content (AvgIpc) is 2.69. The number of aliphatic carboxylic acids is 1. The van der Waals surface area contributed by atoms with Crippen molar-refractivity contribution in [2.24, 2.45) is 5.73 Å². The maximum Gasteiger partial charge on any atom is 0.395 e. The molecule has 9 heteroatoms. The molecule has 0 spiro atoms. The molecule has 0 aromatic heterocycles. The molecule has 2 aromatic rings. The van der Waals surface area contributed by atoms with Gasteiger partial charge in [0.1, 0.15) is 6.04 Å². The minimum absolute atomic E-state index is 0.116. The number of alkyl halides is 5. The van der Waals surface area contributed by atoms with Gasteiger partial charge < -0.3 is 10.8 Å². The van der Waals surface area contributed by atoms with Crippen LogP contribution in [0.4, 0.5) is 22.0 Å². The lowest BCUT2D eigenvalue weighted by molar-refractivity contribution is -0.150. The van der Waals surface area contributed by atoms with Gasteiger partial charge in [-0.3, -0.25) is 4.79 Å². The molecule has 0 amide bonds. The third-order valence-electron chi connectivity index (χ3n) is 4.65. The summed E-state index contributed by atoms with van der Waals surface area (Å²) >= 11 is 1.24. The summed E-state index contributed by atoms with van der Waals surface area (Å²) in [6.07, 6.45) is -6.95. The van der Waals surface area contributed by atoms with E-state index in [0.717, 1.165) is 0 Å². The monoisotopic (exact) mass is 447 g/mol. The molecule has 2 rings (SSSR count). The van der Waals surface area contributed by atoms with Gasteiger partial charge >= 0.3 is 12.1 Å². The highest BCUT2D eigenvalue weighted by atomic mass is 32.2. The lowest BCUT2D eigenvalue weighted by atomic mass is 9.93. The van der Waals surface area contributed by atoms with E-state index in [9.17, 15) is 26.7 Å². The third-order valence-corrected chi connectivity index (χ3v) is 5.69. The summed E-state index contributed by atoms with van der Waals surface area (Å²) < 4.78 is 65.8. The lowest BCUT2D eigenvalue weighted by Crippen LogP contribution is -2.30. The Bertz CT molecular complexity index is 810. The summed E-state index contributed by atoms with van der Waals surface area (Å²) in [6.45, 7) is 0. The number of thioether (sulfide) groups is 1. The van der Waals surface area contributed by atoms with E-state index < -0.39 is 30.5 Å². The van der Waals surface area contributed by atoms with Gasteiger partial charge in [-0.05, 0) is 41.0 Å². The Labute approximate surface area is 175 Å². The van der Waals surface area contributed by atoms with Crippen molar-refractivity contribution in [2.45, 2.75) is 37.4 Å². The van der Waals surface area contributed by atoms with E-state index in [1.807, 2.05) is 0 Å². The first-order valence-electron chi connectivity index (χ1n) is 9.21. The highest BCUT2D eigenvalue weighted by Crippen LogP contribution is 2.39. The van der Waals surface area contributed by atoms with Crippen molar-refractivity contribution in [3.63, 3.8) is 0 Å². The van der Waals surface area contributed by atoms with Gasteiger partial charge in [-0.15, -0.1) is 0 Å². The van der Waals surface area contributed by atoms with E-state index in [1.54, 1.807) is 12.1 Å². The second-order valence-electron chi connectivity index (χ2n) is 6.77. The highest BCUT2D eigenvalue weighted by molar-refractivity contribution is 7.99. The molecule has 2 unspecified atom stereocenters. The van der Waals surface area contributed by atoms with E-state index in [1.165, 1.54) is 48.2 Å². The molecule has 164 valence electrons. The Morgan fingerprint density at radius 1 is 0.900 bits per heavy atom. The fourth-order valence-corrected chi connectivity index (χ4v) is 3.91. The van der Waals surface area contributed by atoms with Crippen molar-refractivity contribution >= 4 is 17.7 Å². The molecule has 30 heavy (non-hydrogen) atoms. The first-order chi connectivity index (χ1) is 14.1. The van der Waals surface area contributed by atoms with Gasteiger partial charge in [-0.1, -0.05) is 48.5 Å². The zero-order valence-corrected chi connectivity index (χ0v) is 16.7. The van der Waals surface area contributed by atoms with Crippen LogP contribution in [0.5, 0.6) is 0 Å². The van der Waals surface area contributed by atoms with Crippen LogP contribution in [0.3, 0.4) is 0 Å². The summed E-state index contributed by atoms with van der Waals surface area (Å²) in [7, 11) is 0. The Hall–Kier alpha value is -2.13. The molecule has 2 aromatic carbocycles. The number of carboxylic acids is 1. The predicted octanol–water partition coefficient (Wildman–Crippen LogP) is 5.86. The van der Waals surface area contributed by atoms with Gasteiger partial charge in [0.25, 0.3) is 6.43 Å². The maximum absolute atomic E-state index is 13.5. The fourth-order valence-electron chi connectivity index (χ4n) is 2.89. The SMILES string of the molecule is NC(CCSCCC(c1ccc(-c2ccc(C(F)F)cc2)cc1)C(F)(F)F)C(=O)O. The summed E-state index contributed by atoms with van der Waals surface area (Å²) in [6, 6.07) is 10.5. The van der Waals surface area contributed by atoms with Crippen LogP contribution in [0.2, 0.25) is 0 Å². The highest BCUT2D eigenvalue weighted by Gasteiger charge is 2.40. The van der Waals surface area contributed by atoms with Crippen molar-refractivity contribution in [1.29, 1.82) is 0 Å². The molecule has 0 aliphatic carbocycles. The van der Waals surface area contributed by atoms with Crippen LogP contribution in [-0.2, 0) is 4.79 Å². The molecule has 0 aliphatic rings.